The molecule has 1 fully saturated rings. The fourth-order valence-electron chi connectivity index (χ4n) is 3.16. The van der Waals surface area contributed by atoms with Crippen LogP contribution in [0.4, 0.5) is 19.3 Å². The second kappa shape index (κ2) is 8.31. The fourth-order valence-corrected chi connectivity index (χ4v) is 3.16. The van der Waals surface area contributed by atoms with E-state index in [2.05, 4.69) is 25.7 Å². The second-order valence-corrected chi connectivity index (χ2v) is 6.69. The summed E-state index contributed by atoms with van der Waals surface area (Å²) >= 11 is 0. The summed E-state index contributed by atoms with van der Waals surface area (Å²) < 4.78 is 28.0. The number of aromatic nitrogens is 4. The SMILES string of the molecule is O=C(Nc1ccc(F)cc1)N1CCN(Cc2nnnn2-c2cccc(F)c2)CC1. The fraction of sp³-hybridized carbons (Fsp3) is 0.263. The predicted octanol–water partition coefficient (Wildman–Crippen LogP) is 2.29. The number of hydrogen-bond acceptors (Lipinski definition) is 5. The monoisotopic (exact) mass is 399 g/mol. The molecule has 0 aliphatic carbocycles. The van der Waals surface area contributed by atoms with Gasteiger partial charge in [0.25, 0.3) is 0 Å². The van der Waals surface area contributed by atoms with E-state index in [1.165, 1.54) is 41.1 Å². The van der Waals surface area contributed by atoms with Crippen molar-refractivity contribution in [3.8, 4) is 5.69 Å². The van der Waals surface area contributed by atoms with Crippen LogP contribution in [0.2, 0.25) is 0 Å². The van der Waals surface area contributed by atoms with Gasteiger partial charge in [-0.15, -0.1) is 5.10 Å². The van der Waals surface area contributed by atoms with E-state index in [0.29, 0.717) is 49.9 Å². The Morgan fingerprint density at radius 3 is 2.48 bits per heavy atom. The first kappa shape index (κ1) is 18.9. The Balaban J connectivity index is 1.33. The Labute approximate surface area is 165 Å². The molecule has 0 unspecified atom stereocenters. The van der Waals surface area contributed by atoms with Crippen LogP contribution in [0.3, 0.4) is 0 Å². The van der Waals surface area contributed by atoms with Gasteiger partial charge in [0, 0.05) is 31.9 Å². The van der Waals surface area contributed by atoms with Gasteiger partial charge in [0.15, 0.2) is 5.82 Å². The second-order valence-electron chi connectivity index (χ2n) is 6.69. The molecular weight excluding hydrogens is 380 g/mol. The molecular formula is C19H19F2N7O. The molecule has 8 nitrogen and oxygen atoms in total. The molecule has 1 aromatic heterocycles. The minimum Gasteiger partial charge on any atom is -0.322 e. The third kappa shape index (κ3) is 4.54. The molecule has 1 N–H and O–H groups in total. The number of piperazine rings is 1. The van der Waals surface area contributed by atoms with Crippen LogP contribution >= 0.6 is 0 Å². The number of benzene rings is 2. The van der Waals surface area contributed by atoms with Crippen LogP contribution in [0, 0.1) is 11.6 Å². The highest BCUT2D eigenvalue weighted by molar-refractivity contribution is 5.89. The molecule has 1 saturated heterocycles. The molecule has 3 aromatic rings. The minimum atomic E-state index is -0.357. The van der Waals surface area contributed by atoms with E-state index in [9.17, 15) is 13.6 Å². The summed E-state index contributed by atoms with van der Waals surface area (Å²) in [6, 6.07) is 11.5. The average molecular weight is 399 g/mol. The molecule has 0 saturated carbocycles. The number of carbonyl (C=O) groups is 1. The summed E-state index contributed by atoms with van der Waals surface area (Å²) in [5.41, 5.74) is 1.11. The Bertz CT molecular complexity index is 984. The first-order valence-electron chi connectivity index (χ1n) is 9.15. The van der Waals surface area contributed by atoms with Crippen molar-refractivity contribution in [1.29, 1.82) is 0 Å². The molecule has 0 radical (unpaired) electrons. The zero-order valence-electron chi connectivity index (χ0n) is 15.5. The highest BCUT2D eigenvalue weighted by atomic mass is 19.1. The Morgan fingerprint density at radius 2 is 1.76 bits per heavy atom. The standard InChI is InChI=1S/C19H19F2N7O/c20-14-4-6-16(7-5-14)22-19(29)27-10-8-26(9-11-27)13-18-23-24-25-28(18)17-3-1-2-15(21)12-17/h1-7,12H,8-11,13H2,(H,22,29). The van der Waals surface area contributed by atoms with E-state index >= 15 is 0 Å². The third-order valence-electron chi connectivity index (χ3n) is 4.71. The van der Waals surface area contributed by atoms with Gasteiger partial charge < -0.3 is 10.2 Å². The number of anilines is 1. The van der Waals surface area contributed by atoms with Gasteiger partial charge in [-0.3, -0.25) is 4.90 Å². The lowest BCUT2D eigenvalue weighted by molar-refractivity contribution is 0.140. The molecule has 150 valence electrons. The molecule has 0 bridgehead atoms. The number of urea groups is 1. The highest BCUT2D eigenvalue weighted by Gasteiger charge is 2.23. The normalized spacial score (nSPS) is 14.8. The number of amides is 2. The lowest BCUT2D eigenvalue weighted by Gasteiger charge is -2.34. The Hall–Kier alpha value is -3.40. The van der Waals surface area contributed by atoms with Gasteiger partial charge in [-0.25, -0.2) is 13.6 Å². The van der Waals surface area contributed by atoms with Crippen LogP contribution in [-0.2, 0) is 6.54 Å². The van der Waals surface area contributed by atoms with Gasteiger partial charge in [0.1, 0.15) is 11.6 Å². The van der Waals surface area contributed by atoms with Crippen LogP contribution in [0.15, 0.2) is 48.5 Å². The molecule has 10 heteroatoms. The van der Waals surface area contributed by atoms with Crippen LogP contribution in [0.1, 0.15) is 5.82 Å². The highest BCUT2D eigenvalue weighted by Crippen LogP contribution is 2.14. The Kier molecular flexibility index (Phi) is 5.43. The van der Waals surface area contributed by atoms with Crippen LogP contribution < -0.4 is 5.32 Å². The first-order valence-corrected chi connectivity index (χ1v) is 9.15. The number of nitrogens with one attached hydrogen (secondary N) is 1. The summed E-state index contributed by atoms with van der Waals surface area (Å²) in [5.74, 6) is -0.110. The lowest BCUT2D eigenvalue weighted by Crippen LogP contribution is -2.49. The molecule has 29 heavy (non-hydrogen) atoms. The quantitative estimate of drug-likeness (QED) is 0.728. The van der Waals surface area contributed by atoms with Crippen molar-refractivity contribution >= 4 is 11.7 Å². The smallest absolute Gasteiger partial charge is 0.321 e. The molecule has 4 rings (SSSR count). The topological polar surface area (TPSA) is 79.2 Å². The van der Waals surface area contributed by atoms with E-state index < -0.39 is 0 Å². The van der Waals surface area contributed by atoms with Crippen molar-refractivity contribution in [3.63, 3.8) is 0 Å². The molecule has 2 amide bonds. The van der Waals surface area contributed by atoms with Crippen molar-refractivity contribution in [2.24, 2.45) is 0 Å². The largest absolute Gasteiger partial charge is 0.322 e. The van der Waals surface area contributed by atoms with Crippen LogP contribution in [0.25, 0.3) is 5.69 Å². The van der Waals surface area contributed by atoms with Crippen molar-refractivity contribution < 1.29 is 13.6 Å². The van der Waals surface area contributed by atoms with E-state index in [4.69, 9.17) is 0 Å². The number of halogens is 2. The summed E-state index contributed by atoms with van der Waals surface area (Å²) in [6.07, 6.45) is 0. The molecule has 0 spiro atoms. The van der Waals surface area contributed by atoms with Crippen LogP contribution in [0.5, 0.6) is 0 Å². The van der Waals surface area contributed by atoms with E-state index in [1.54, 1.807) is 17.0 Å². The Morgan fingerprint density at radius 1 is 1.00 bits per heavy atom. The van der Waals surface area contributed by atoms with E-state index in [-0.39, 0.29) is 17.7 Å². The van der Waals surface area contributed by atoms with Gasteiger partial charge in [-0.2, -0.15) is 4.68 Å². The maximum atomic E-state index is 13.5. The van der Waals surface area contributed by atoms with Gasteiger partial charge in [0.05, 0.1) is 12.2 Å². The zero-order chi connectivity index (χ0) is 20.2. The summed E-state index contributed by atoms with van der Waals surface area (Å²) in [4.78, 5) is 16.2. The first-order chi connectivity index (χ1) is 14.1. The average Bonchev–Trinajstić information content (AvgIpc) is 3.18. The zero-order valence-corrected chi connectivity index (χ0v) is 15.5. The van der Waals surface area contributed by atoms with Gasteiger partial charge in [0.2, 0.25) is 0 Å². The summed E-state index contributed by atoms with van der Waals surface area (Å²) in [7, 11) is 0. The maximum absolute atomic E-state index is 13.5. The van der Waals surface area contributed by atoms with Crippen molar-refractivity contribution in [1.82, 2.24) is 30.0 Å². The number of carbonyl (C=O) groups excluding carboxylic acids is 1. The number of rotatable bonds is 4. The minimum absolute atomic E-state index is 0.221. The molecule has 2 aromatic carbocycles. The summed E-state index contributed by atoms with van der Waals surface area (Å²) in [5, 5.41) is 14.5. The molecule has 1 aliphatic heterocycles. The van der Waals surface area contributed by atoms with Crippen molar-refractivity contribution in [2.75, 3.05) is 31.5 Å². The van der Waals surface area contributed by atoms with E-state index in [0.717, 1.165) is 0 Å². The van der Waals surface area contributed by atoms with Crippen LogP contribution in [-0.4, -0.2) is 62.2 Å². The number of hydrogen-bond donors (Lipinski definition) is 1. The summed E-state index contributed by atoms with van der Waals surface area (Å²) in [6.45, 7) is 2.85. The maximum Gasteiger partial charge on any atom is 0.321 e. The van der Waals surface area contributed by atoms with Gasteiger partial charge in [-0.05, 0) is 52.9 Å². The van der Waals surface area contributed by atoms with E-state index in [1.807, 2.05) is 0 Å². The van der Waals surface area contributed by atoms with Gasteiger partial charge in [-0.1, -0.05) is 6.07 Å². The van der Waals surface area contributed by atoms with Gasteiger partial charge >= 0.3 is 6.03 Å². The molecule has 0 atom stereocenters. The molecule has 1 aliphatic rings. The predicted molar refractivity (Wildman–Crippen MR) is 101 cm³/mol. The number of tetrazole rings is 1. The number of nitrogens with zero attached hydrogens (tertiary/aromatic N) is 6. The van der Waals surface area contributed by atoms with Crippen molar-refractivity contribution in [2.45, 2.75) is 6.54 Å². The van der Waals surface area contributed by atoms with Crippen molar-refractivity contribution in [3.05, 3.63) is 66.0 Å². The molecule has 2 heterocycles. The third-order valence-corrected chi connectivity index (χ3v) is 4.71. The lowest BCUT2D eigenvalue weighted by atomic mass is 10.3.